The van der Waals surface area contributed by atoms with Crippen LogP contribution in [0.15, 0.2) is 23.8 Å². The van der Waals surface area contributed by atoms with Crippen LogP contribution in [-0.2, 0) is 11.2 Å². The first-order valence-electron chi connectivity index (χ1n) is 8.03. The molecule has 1 unspecified atom stereocenters. The molecule has 1 aromatic carbocycles. The van der Waals surface area contributed by atoms with E-state index in [4.69, 9.17) is 4.74 Å². The predicted molar refractivity (Wildman–Crippen MR) is 85.5 cm³/mol. The minimum atomic E-state index is 0.197. The molecular formula is C19H24O2. The topological polar surface area (TPSA) is 26.3 Å². The molecule has 1 aromatic rings. The lowest BCUT2D eigenvalue weighted by Crippen LogP contribution is -2.28. The van der Waals surface area contributed by atoms with Gasteiger partial charge in [-0.25, -0.2) is 0 Å². The Kier molecular flexibility index (Phi) is 3.64. The Bertz CT molecular complexity index is 612. The molecule has 0 fully saturated rings. The molecule has 0 saturated carbocycles. The van der Waals surface area contributed by atoms with Crippen molar-refractivity contribution in [1.29, 1.82) is 0 Å². The second-order valence-corrected chi connectivity index (χ2v) is 6.51. The van der Waals surface area contributed by atoms with Crippen molar-refractivity contribution >= 4 is 11.4 Å². The van der Waals surface area contributed by atoms with Crippen molar-refractivity contribution in [2.45, 2.75) is 52.4 Å². The first kappa shape index (κ1) is 14.4. The molecule has 21 heavy (non-hydrogen) atoms. The van der Waals surface area contributed by atoms with Crippen LogP contribution >= 0.6 is 0 Å². The van der Waals surface area contributed by atoms with Gasteiger partial charge in [0.25, 0.3) is 0 Å². The maximum Gasteiger partial charge on any atom is 0.158 e. The van der Waals surface area contributed by atoms with Gasteiger partial charge in [0.2, 0.25) is 0 Å². The molecule has 2 aliphatic rings. The fourth-order valence-electron chi connectivity index (χ4n) is 4.17. The van der Waals surface area contributed by atoms with E-state index in [0.29, 0.717) is 12.2 Å². The summed E-state index contributed by atoms with van der Waals surface area (Å²) in [4.78, 5) is 12.2. The molecule has 3 rings (SSSR count). The van der Waals surface area contributed by atoms with Crippen molar-refractivity contribution in [1.82, 2.24) is 0 Å². The van der Waals surface area contributed by atoms with E-state index < -0.39 is 0 Å². The summed E-state index contributed by atoms with van der Waals surface area (Å²) < 4.78 is 5.37. The number of allylic oxidation sites excluding steroid dienone is 2. The highest BCUT2D eigenvalue weighted by Gasteiger charge is 2.45. The predicted octanol–water partition coefficient (Wildman–Crippen LogP) is 4.56. The average Bonchev–Trinajstić information content (AvgIpc) is 2.83. The Hall–Kier alpha value is -1.57. The van der Waals surface area contributed by atoms with Crippen LogP contribution in [0.3, 0.4) is 0 Å². The summed E-state index contributed by atoms with van der Waals surface area (Å²) in [6.45, 7) is 4.27. The number of benzene rings is 1. The van der Waals surface area contributed by atoms with Crippen LogP contribution in [0, 0.1) is 5.41 Å². The smallest absolute Gasteiger partial charge is 0.158 e. The van der Waals surface area contributed by atoms with E-state index in [1.165, 1.54) is 36.0 Å². The Balaban J connectivity index is 2.12. The summed E-state index contributed by atoms with van der Waals surface area (Å²) in [5.41, 5.74) is 5.18. The van der Waals surface area contributed by atoms with E-state index in [2.05, 4.69) is 19.1 Å². The Morgan fingerprint density at radius 1 is 1.33 bits per heavy atom. The summed E-state index contributed by atoms with van der Waals surface area (Å²) >= 11 is 0. The maximum atomic E-state index is 12.2. The zero-order valence-electron chi connectivity index (χ0n) is 13.3. The van der Waals surface area contributed by atoms with Gasteiger partial charge in [-0.3, -0.25) is 4.79 Å². The molecule has 1 atom stereocenters. The van der Waals surface area contributed by atoms with Gasteiger partial charge in [0.15, 0.2) is 5.78 Å². The molecule has 0 saturated heterocycles. The van der Waals surface area contributed by atoms with E-state index in [1.807, 2.05) is 13.0 Å². The van der Waals surface area contributed by atoms with Crippen molar-refractivity contribution in [2.24, 2.45) is 5.41 Å². The molecule has 0 spiro atoms. The van der Waals surface area contributed by atoms with Crippen LogP contribution in [-0.4, -0.2) is 12.9 Å². The summed E-state index contributed by atoms with van der Waals surface area (Å²) in [6.07, 6.45) is 6.43. The third kappa shape index (κ3) is 2.21. The van der Waals surface area contributed by atoms with Crippen molar-refractivity contribution < 1.29 is 9.53 Å². The number of carbonyl (C=O) groups is 1. The minimum Gasteiger partial charge on any atom is -0.497 e. The lowest BCUT2D eigenvalue weighted by molar-refractivity contribution is -0.116. The standard InChI is InChI=1S/C19H24O2/c1-4-5-9-19-10-8-17(20)13(2)18(19)16-7-6-15(21-3)11-14(16)12-19/h6-7,11H,4-5,8-10,12H2,1-3H3. The second-order valence-electron chi connectivity index (χ2n) is 6.51. The third-order valence-electron chi connectivity index (χ3n) is 5.27. The van der Waals surface area contributed by atoms with Crippen LogP contribution < -0.4 is 4.74 Å². The fourth-order valence-corrected chi connectivity index (χ4v) is 4.17. The Labute approximate surface area is 127 Å². The fraction of sp³-hybridized carbons (Fsp3) is 0.526. The molecule has 112 valence electrons. The average molecular weight is 284 g/mol. The maximum absolute atomic E-state index is 12.2. The van der Waals surface area contributed by atoms with Crippen molar-refractivity contribution in [3.8, 4) is 5.75 Å². The molecular weight excluding hydrogens is 260 g/mol. The largest absolute Gasteiger partial charge is 0.497 e. The molecule has 2 nitrogen and oxygen atoms in total. The number of ketones is 1. The Morgan fingerprint density at radius 2 is 2.14 bits per heavy atom. The highest BCUT2D eigenvalue weighted by molar-refractivity contribution is 6.06. The molecule has 0 amide bonds. The molecule has 0 radical (unpaired) electrons. The van der Waals surface area contributed by atoms with Gasteiger partial charge in [0.1, 0.15) is 5.75 Å². The number of Topliss-reactive ketones (excluding diaryl/α,β-unsaturated/α-hetero) is 1. The van der Waals surface area contributed by atoms with Gasteiger partial charge >= 0.3 is 0 Å². The van der Waals surface area contributed by atoms with E-state index in [0.717, 1.165) is 24.2 Å². The SMILES string of the molecule is CCCCC12CCC(=O)C(C)=C1c1ccc(OC)cc1C2. The van der Waals surface area contributed by atoms with Crippen molar-refractivity contribution in [3.05, 3.63) is 34.9 Å². The Morgan fingerprint density at radius 3 is 2.86 bits per heavy atom. The van der Waals surface area contributed by atoms with Gasteiger partial charge in [0.05, 0.1) is 7.11 Å². The molecule has 0 aromatic heterocycles. The third-order valence-corrected chi connectivity index (χ3v) is 5.27. The van der Waals surface area contributed by atoms with Gasteiger partial charge in [0, 0.05) is 11.8 Å². The zero-order valence-corrected chi connectivity index (χ0v) is 13.3. The number of hydrogen-bond donors (Lipinski definition) is 0. The van der Waals surface area contributed by atoms with E-state index in [9.17, 15) is 4.79 Å². The number of fused-ring (bicyclic) bond motifs is 3. The number of hydrogen-bond acceptors (Lipinski definition) is 2. The number of ether oxygens (including phenoxy) is 1. The molecule has 0 heterocycles. The van der Waals surface area contributed by atoms with Gasteiger partial charge in [-0.15, -0.1) is 0 Å². The van der Waals surface area contributed by atoms with Crippen LogP contribution in [0.1, 0.15) is 57.1 Å². The van der Waals surface area contributed by atoms with Gasteiger partial charge in [-0.2, -0.15) is 0 Å². The van der Waals surface area contributed by atoms with E-state index in [1.54, 1.807) is 7.11 Å². The molecule has 2 heteroatoms. The summed E-state index contributed by atoms with van der Waals surface area (Å²) in [7, 11) is 1.71. The van der Waals surface area contributed by atoms with E-state index >= 15 is 0 Å². The zero-order chi connectivity index (χ0) is 15.0. The van der Waals surface area contributed by atoms with Crippen LogP contribution in [0.4, 0.5) is 0 Å². The van der Waals surface area contributed by atoms with Crippen molar-refractivity contribution in [2.75, 3.05) is 7.11 Å². The lowest BCUT2D eigenvalue weighted by atomic mass is 9.67. The van der Waals surface area contributed by atoms with Crippen LogP contribution in [0.5, 0.6) is 5.75 Å². The highest BCUT2D eigenvalue weighted by Crippen LogP contribution is 2.56. The minimum absolute atomic E-state index is 0.197. The monoisotopic (exact) mass is 284 g/mol. The number of unbranched alkanes of at least 4 members (excludes halogenated alkanes) is 1. The lowest BCUT2D eigenvalue weighted by Gasteiger charge is -2.36. The van der Waals surface area contributed by atoms with Gasteiger partial charge in [-0.1, -0.05) is 25.8 Å². The summed E-state index contributed by atoms with van der Waals surface area (Å²) in [6, 6.07) is 6.33. The number of rotatable bonds is 4. The van der Waals surface area contributed by atoms with Gasteiger partial charge in [-0.05, 0) is 60.6 Å². The molecule has 0 bridgehead atoms. The summed E-state index contributed by atoms with van der Waals surface area (Å²) in [5.74, 6) is 1.25. The molecule has 0 aliphatic heterocycles. The van der Waals surface area contributed by atoms with Crippen molar-refractivity contribution in [3.63, 3.8) is 0 Å². The number of methoxy groups -OCH3 is 1. The van der Waals surface area contributed by atoms with Crippen LogP contribution in [0.2, 0.25) is 0 Å². The highest BCUT2D eigenvalue weighted by atomic mass is 16.5. The van der Waals surface area contributed by atoms with E-state index in [-0.39, 0.29) is 5.41 Å². The first-order valence-corrected chi connectivity index (χ1v) is 8.03. The normalized spacial score (nSPS) is 24.0. The van der Waals surface area contributed by atoms with Crippen LogP contribution in [0.25, 0.3) is 5.57 Å². The molecule has 0 N–H and O–H groups in total. The molecule has 2 aliphatic carbocycles. The quantitative estimate of drug-likeness (QED) is 0.810. The van der Waals surface area contributed by atoms with Gasteiger partial charge < -0.3 is 4.74 Å². The first-order chi connectivity index (χ1) is 10.1. The second kappa shape index (κ2) is 5.32. The summed E-state index contributed by atoms with van der Waals surface area (Å²) in [5, 5.41) is 0. The number of carbonyl (C=O) groups excluding carboxylic acids is 1.